The molecule has 0 atom stereocenters. The molecule has 27 heavy (non-hydrogen) atoms. The molecule has 0 N–H and O–H groups in total. The third kappa shape index (κ3) is 3.60. The summed E-state index contributed by atoms with van der Waals surface area (Å²) in [6, 6.07) is 10.5. The molecule has 3 aromatic rings. The maximum atomic E-state index is 11.6. The predicted octanol–water partition coefficient (Wildman–Crippen LogP) is 4.00. The van der Waals surface area contributed by atoms with Crippen LogP contribution in [0.2, 0.25) is 0 Å². The van der Waals surface area contributed by atoms with E-state index >= 15 is 0 Å². The number of hydrogen-bond donors (Lipinski definition) is 0. The van der Waals surface area contributed by atoms with Gasteiger partial charge in [-0.25, -0.2) is 4.79 Å². The van der Waals surface area contributed by atoms with Crippen LogP contribution in [0.5, 0.6) is 23.0 Å². The standard InChI is InChI=1S/C21H20O6/c1-23-16-9-7-14(15-8-10-19(22)27-20(15)16)6-5-13-11-17(24-2)21(26-4)18(12-13)25-3/h5-12H,1-4H3/b6-5-. The number of benzene rings is 2. The van der Waals surface area contributed by atoms with Gasteiger partial charge in [0.25, 0.3) is 0 Å². The summed E-state index contributed by atoms with van der Waals surface area (Å²) in [5, 5.41) is 0.776. The second-order valence-corrected chi connectivity index (χ2v) is 5.65. The molecule has 0 amide bonds. The van der Waals surface area contributed by atoms with Gasteiger partial charge in [-0.15, -0.1) is 0 Å². The number of methoxy groups -OCH3 is 4. The van der Waals surface area contributed by atoms with Crippen molar-refractivity contribution in [1.82, 2.24) is 0 Å². The zero-order valence-electron chi connectivity index (χ0n) is 15.6. The van der Waals surface area contributed by atoms with Gasteiger partial charge < -0.3 is 23.4 Å². The molecule has 6 heteroatoms. The number of ether oxygens (including phenoxy) is 4. The highest BCUT2D eigenvalue weighted by Gasteiger charge is 2.12. The molecule has 3 rings (SSSR count). The SMILES string of the molecule is COc1cc(/C=C\c2ccc(OC)c3oc(=O)ccc23)cc(OC)c1OC. The molecular weight excluding hydrogens is 348 g/mol. The van der Waals surface area contributed by atoms with Crippen LogP contribution in [-0.4, -0.2) is 28.4 Å². The van der Waals surface area contributed by atoms with E-state index in [2.05, 4.69) is 0 Å². The maximum absolute atomic E-state index is 11.6. The van der Waals surface area contributed by atoms with Gasteiger partial charge in [0.15, 0.2) is 22.8 Å². The van der Waals surface area contributed by atoms with E-state index in [0.717, 1.165) is 16.5 Å². The first kappa shape index (κ1) is 18.4. The molecule has 0 aliphatic heterocycles. The fraction of sp³-hybridized carbons (Fsp3) is 0.190. The van der Waals surface area contributed by atoms with Crippen molar-refractivity contribution in [2.75, 3.05) is 28.4 Å². The molecule has 0 radical (unpaired) electrons. The Kier molecular flexibility index (Phi) is 5.35. The third-order valence-corrected chi connectivity index (χ3v) is 4.14. The fourth-order valence-corrected chi connectivity index (χ4v) is 2.85. The Hall–Kier alpha value is -3.41. The van der Waals surface area contributed by atoms with Crippen LogP contribution in [-0.2, 0) is 0 Å². The van der Waals surface area contributed by atoms with E-state index in [1.807, 2.05) is 30.4 Å². The number of rotatable bonds is 6. The Morgan fingerprint density at radius 3 is 2.04 bits per heavy atom. The molecule has 1 aromatic heterocycles. The molecule has 0 bridgehead atoms. The maximum Gasteiger partial charge on any atom is 0.336 e. The quantitative estimate of drug-likeness (QED) is 0.484. The summed E-state index contributed by atoms with van der Waals surface area (Å²) in [6.45, 7) is 0. The molecule has 0 unspecified atom stereocenters. The van der Waals surface area contributed by atoms with Crippen molar-refractivity contribution < 1.29 is 23.4 Å². The molecule has 0 aliphatic rings. The first-order valence-electron chi connectivity index (χ1n) is 8.20. The summed E-state index contributed by atoms with van der Waals surface area (Å²) >= 11 is 0. The smallest absolute Gasteiger partial charge is 0.336 e. The van der Waals surface area contributed by atoms with Gasteiger partial charge in [-0.3, -0.25) is 0 Å². The topological polar surface area (TPSA) is 67.1 Å². The van der Waals surface area contributed by atoms with E-state index in [-0.39, 0.29) is 0 Å². The molecule has 2 aromatic carbocycles. The second-order valence-electron chi connectivity index (χ2n) is 5.65. The van der Waals surface area contributed by atoms with Crippen LogP contribution >= 0.6 is 0 Å². The summed E-state index contributed by atoms with van der Waals surface area (Å²) in [7, 11) is 6.24. The molecule has 0 aliphatic carbocycles. The van der Waals surface area contributed by atoms with Crippen molar-refractivity contribution in [2.24, 2.45) is 0 Å². The molecule has 0 spiro atoms. The Morgan fingerprint density at radius 1 is 0.778 bits per heavy atom. The van der Waals surface area contributed by atoms with Gasteiger partial charge in [-0.2, -0.15) is 0 Å². The summed E-state index contributed by atoms with van der Waals surface area (Å²) in [6.07, 6.45) is 3.83. The van der Waals surface area contributed by atoms with Crippen LogP contribution in [0.3, 0.4) is 0 Å². The van der Waals surface area contributed by atoms with E-state index in [1.165, 1.54) is 13.2 Å². The van der Waals surface area contributed by atoms with Gasteiger partial charge in [0.05, 0.1) is 28.4 Å². The monoisotopic (exact) mass is 368 g/mol. The molecule has 0 saturated carbocycles. The fourth-order valence-electron chi connectivity index (χ4n) is 2.85. The van der Waals surface area contributed by atoms with E-state index in [4.69, 9.17) is 23.4 Å². The molecular formula is C21H20O6. The molecule has 0 saturated heterocycles. The number of fused-ring (bicyclic) bond motifs is 1. The lowest BCUT2D eigenvalue weighted by Crippen LogP contribution is -1.97. The van der Waals surface area contributed by atoms with E-state index in [0.29, 0.717) is 28.6 Å². The van der Waals surface area contributed by atoms with Crippen LogP contribution in [0, 0.1) is 0 Å². The van der Waals surface area contributed by atoms with Crippen molar-refractivity contribution in [3.63, 3.8) is 0 Å². The average molecular weight is 368 g/mol. The van der Waals surface area contributed by atoms with Crippen molar-refractivity contribution in [3.05, 3.63) is 57.9 Å². The highest BCUT2D eigenvalue weighted by molar-refractivity contribution is 5.93. The van der Waals surface area contributed by atoms with Crippen molar-refractivity contribution in [1.29, 1.82) is 0 Å². The minimum Gasteiger partial charge on any atom is -0.493 e. The summed E-state index contributed by atoms with van der Waals surface area (Å²) in [4.78, 5) is 11.6. The molecule has 6 nitrogen and oxygen atoms in total. The first-order valence-corrected chi connectivity index (χ1v) is 8.20. The molecule has 1 heterocycles. The highest BCUT2D eigenvalue weighted by Crippen LogP contribution is 2.38. The Labute approximate surface area is 156 Å². The van der Waals surface area contributed by atoms with Crippen molar-refractivity contribution in [3.8, 4) is 23.0 Å². The average Bonchev–Trinajstić information content (AvgIpc) is 2.70. The van der Waals surface area contributed by atoms with Gasteiger partial charge in [-0.05, 0) is 35.4 Å². The van der Waals surface area contributed by atoms with Gasteiger partial charge >= 0.3 is 5.63 Å². The van der Waals surface area contributed by atoms with Gasteiger partial charge in [-0.1, -0.05) is 18.2 Å². The van der Waals surface area contributed by atoms with Crippen LogP contribution in [0.15, 0.2) is 45.6 Å². The minimum atomic E-state index is -0.424. The normalized spacial score (nSPS) is 11.0. The van der Waals surface area contributed by atoms with Crippen LogP contribution in [0.25, 0.3) is 23.1 Å². The Balaban J connectivity index is 2.08. The van der Waals surface area contributed by atoms with Crippen LogP contribution < -0.4 is 24.6 Å². The van der Waals surface area contributed by atoms with Crippen molar-refractivity contribution >= 4 is 23.1 Å². The Bertz CT molecular complexity index is 1020. The number of hydrogen-bond acceptors (Lipinski definition) is 6. The van der Waals surface area contributed by atoms with Crippen LogP contribution in [0.4, 0.5) is 0 Å². The first-order chi connectivity index (χ1) is 13.1. The van der Waals surface area contributed by atoms with Crippen LogP contribution in [0.1, 0.15) is 11.1 Å². The zero-order chi connectivity index (χ0) is 19.4. The largest absolute Gasteiger partial charge is 0.493 e. The lowest BCUT2D eigenvalue weighted by molar-refractivity contribution is 0.324. The third-order valence-electron chi connectivity index (χ3n) is 4.14. The highest BCUT2D eigenvalue weighted by atomic mass is 16.5. The lowest BCUT2D eigenvalue weighted by atomic mass is 10.1. The lowest BCUT2D eigenvalue weighted by Gasteiger charge is -2.13. The van der Waals surface area contributed by atoms with Crippen molar-refractivity contribution in [2.45, 2.75) is 0 Å². The minimum absolute atomic E-state index is 0.414. The summed E-state index contributed by atoms with van der Waals surface area (Å²) in [5.41, 5.74) is 1.73. The van der Waals surface area contributed by atoms with Gasteiger partial charge in [0.1, 0.15) is 0 Å². The Morgan fingerprint density at radius 2 is 1.44 bits per heavy atom. The van der Waals surface area contributed by atoms with Gasteiger partial charge in [0.2, 0.25) is 5.75 Å². The molecule has 0 fully saturated rings. The van der Waals surface area contributed by atoms with Gasteiger partial charge in [0, 0.05) is 11.5 Å². The zero-order valence-corrected chi connectivity index (χ0v) is 15.6. The van der Waals surface area contributed by atoms with E-state index in [9.17, 15) is 4.79 Å². The summed E-state index contributed by atoms with van der Waals surface area (Å²) < 4.78 is 26.7. The molecule has 140 valence electrons. The van der Waals surface area contributed by atoms with E-state index < -0.39 is 5.63 Å². The summed E-state index contributed by atoms with van der Waals surface area (Å²) in [5.74, 6) is 2.19. The van der Waals surface area contributed by atoms with E-state index in [1.54, 1.807) is 33.5 Å². The second kappa shape index (κ2) is 7.86. The predicted molar refractivity (Wildman–Crippen MR) is 104 cm³/mol.